The molecular weight excluding hydrogens is 366 g/mol. The number of hydrogen-bond donors (Lipinski definition) is 1. The molecule has 0 radical (unpaired) electrons. The first kappa shape index (κ1) is 18.1. The second kappa shape index (κ2) is 8.13. The van der Waals surface area contributed by atoms with E-state index in [1.165, 1.54) is 11.3 Å². The average molecular weight is 382 g/mol. The van der Waals surface area contributed by atoms with Crippen LogP contribution in [0.2, 0.25) is 5.02 Å². The van der Waals surface area contributed by atoms with Crippen LogP contribution in [0, 0.1) is 6.92 Å². The van der Waals surface area contributed by atoms with E-state index in [-0.39, 0.29) is 11.7 Å². The third-order valence-corrected chi connectivity index (χ3v) is 5.02. The summed E-state index contributed by atoms with van der Waals surface area (Å²) >= 11 is 7.52. The minimum Gasteiger partial charge on any atom is -0.322 e. The zero-order valence-corrected chi connectivity index (χ0v) is 15.6. The predicted octanol–water partition coefficient (Wildman–Crippen LogP) is 5.86. The summed E-state index contributed by atoms with van der Waals surface area (Å²) < 4.78 is 0. The monoisotopic (exact) mass is 381 g/mol. The zero-order valence-electron chi connectivity index (χ0n) is 14.0. The summed E-state index contributed by atoms with van der Waals surface area (Å²) in [4.78, 5) is 26.3. The second-order valence-electron chi connectivity index (χ2n) is 5.67. The fourth-order valence-corrected chi connectivity index (χ4v) is 3.39. The van der Waals surface area contributed by atoms with E-state index in [0.717, 1.165) is 10.4 Å². The molecule has 0 aliphatic carbocycles. The molecule has 1 heterocycles. The lowest BCUT2D eigenvalue weighted by molar-refractivity contribution is 0.102. The molecule has 0 saturated heterocycles. The Labute approximate surface area is 160 Å². The molecule has 26 heavy (non-hydrogen) atoms. The van der Waals surface area contributed by atoms with Gasteiger partial charge in [0.15, 0.2) is 5.78 Å². The molecule has 3 aromatic rings. The molecule has 0 atom stereocenters. The number of halogens is 1. The Kier molecular flexibility index (Phi) is 5.66. The lowest BCUT2D eigenvalue weighted by Crippen LogP contribution is -2.12. The summed E-state index contributed by atoms with van der Waals surface area (Å²) in [5, 5.41) is 3.22. The van der Waals surface area contributed by atoms with Crippen LogP contribution in [-0.4, -0.2) is 11.7 Å². The van der Waals surface area contributed by atoms with E-state index in [4.69, 9.17) is 11.6 Å². The number of aryl methyl sites for hydroxylation is 1. The van der Waals surface area contributed by atoms with E-state index in [1.807, 2.05) is 31.2 Å². The van der Waals surface area contributed by atoms with E-state index < -0.39 is 0 Å². The first-order valence-corrected chi connectivity index (χ1v) is 9.17. The summed E-state index contributed by atoms with van der Waals surface area (Å²) in [5.74, 6) is -0.310. The van der Waals surface area contributed by atoms with Crippen LogP contribution in [0.1, 0.15) is 30.5 Å². The smallest absolute Gasteiger partial charge is 0.257 e. The SMILES string of the molecule is Cc1ccc(C(=O)/C=C/c2cccc(NC(=O)c3ccccc3Cl)c2)s1. The van der Waals surface area contributed by atoms with Crippen LogP contribution in [0.15, 0.2) is 66.7 Å². The van der Waals surface area contributed by atoms with Crippen molar-refractivity contribution in [3.63, 3.8) is 0 Å². The maximum Gasteiger partial charge on any atom is 0.257 e. The topological polar surface area (TPSA) is 46.2 Å². The number of allylic oxidation sites excluding steroid dienone is 1. The standard InChI is InChI=1S/C21H16ClNO2S/c1-14-9-12-20(26-14)19(24)11-10-15-5-4-6-16(13-15)23-21(25)17-7-2-3-8-18(17)22/h2-13H,1H3,(H,23,25)/b11-10+. The molecule has 0 fully saturated rings. The Bertz CT molecular complexity index is 991. The molecule has 0 saturated carbocycles. The van der Waals surface area contributed by atoms with E-state index in [2.05, 4.69) is 5.32 Å². The van der Waals surface area contributed by atoms with Crippen molar-refractivity contribution in [3.05, 3.63) is 92.6 Å². The quantitative estimate of drug-likeness (QED) is 0.444. The van der Waals surface area contributed by atoms with Gasteiger partial charge in [-0.25, -0.2) is 0 Å². The van der Waals surface area contributed by atoms with Crippen molar-refractivity contribution in [1.82, 2.24) is 0 Å². The summed E-state index contributed by atoms with van der Waals surface area (Å²) in [6, 6.07) is 17.9. The van der Waals surface area contributed by atoms with Gasteiger partial charge in [0.2, 0.25) is 0 Å². The zero-order chi connectivity index (χ0) is 18.5. The van der Waals surface area contributed by atoms with Crippen LogP contribution in [0.5, 0.6) is 0 Å². The van der Waals surface area contributed by atoms with E-state index in [1.54, 1.807) is 48.6 Å². The summed E-state index contributed by atoms with van der Waals surface area (Å²) in [5.41, 5.74) is 1.87. The van der Waals surface area contributed by atoms with E-state index in [9.17, 15) is 9.59 Å². The van der Waals surface area contributed by atoms with Crippen LogP contribution in [0.4, 0.5) is 5.69 Å². The summed E-state index contributed by atoms with van der Waals surface area (Å²) in [6.45, 7) is 1.97. The molecule has 0 aliphatic rings. The normalized spacial score (nSPS) is 10.8. The van der Waals surface area contributed by atoms with Gasteiger partial charge in [-0.3, -0.25) is 9.59 Å². The fraction of sp³-hybridized carbons (Fsp3) is 0.0476. The Hall–Kier alpha value is -2.69. The molecule has 0 aliphatic heterocycles. The van der Waals surface area contributed by atoms with Crippen LogP contribution in [0.25, 0.3) is 6.08 Å². The molecule has 5 heteroatoms. The molecule has 1 N–H and O–H groups in total. The van der Waals surface area contributed by atoms with Crippen molar-refractivity contribution >= 4 is 46.4 Å². The minimum absolute atomic E-state index is 0.0337. The molecule has 3 rings (SSSR count). The number of carbonyl (C=O) groups is 2. The fourth-order valence-electron chi connectivity index (χ4n) is 2.38. The molecular formula is C21H16ClNO2S. The summed E-state index contributed by atoms with van der Waals surface area (Å²) in [6.07, 6.45) is 3.28. The number of ketones is 1. The molecule has 2 aromatic carbocycles. The highest BCUT2D eigenvalue weighted by Gasteiger charge is 2.10. The number of carbonyl (C=O) groups excluding carboxylic acids is 2. The van der Waals surface area contributed by atoms with Crippen molar-refractivity contribution in [2.45, 2.75) is 6.92 Å². The highest BCUT2D eigenvalue weighted by molar-refractivity contribution is 7.14. The van der Waals surface area contributed by atoms with Gasteiger partial charge in [0, 0.05) is 10.6 Å². The van der Waals surface area contributed by atoms with Crippen LogP contribution in [0.3, 0.4) is 0 Å². The first-order chi connectivity index (χ1) is 12.5. The Balaban J connectivity index is 1.72. The number of nitrogens with one attached hydrogen (secondary N) is 1. The number of benzene rings is 2. The largest absolute Gasteiger partial charge is 0.322 e. The van der Waals surface area contributed by atoms with Gasteiger partial charge in [0.25, 0.3) is 5.91 Å². The molecule has 0 spiro atoms. The minimum atomic E-state index is -0.276. The molecule has 130 valence electrons. The molecule has 1 amide bonds. The lowest BCUT2D eigenvalue weighted by Gasteiger charge is -2.07. The molecule has 3 nitrogen and oxygen atoms in total. The Morgan fingerprint density at radius 3 is 2.58 bits per heavy atom. The Morgan fingerprint density at radius 1 is 1.04 bits per heavy atom. The van der Waals surface area contributed by atoms with Gasteiger partial charge in [0.1, 0.15) is 0 Å². The van der Waals surface area contributed by atoms with Crippen molar-refractivity contribution in [1.29, 1.82) is 0 Å². The number of amides is 1. The number of rotatable bonds is 5. The second-order valence-corrected chi connectivity index (χ2v) is 7.36. The predicted molar refractivity (Wildman–Crippen MR) is 108 cm³/mol. The number of thiophene rings is 1. The van der Waals surface area contributed by atoms with Gasteiger partial charge in [-0.15, -0.1) is 11.3 Å². The van der Waals surface area contributed by atoms with Gasteiger partial charge in [-0.2, -0.15) is 0 Å². The highest BCUT2D eigenvalue weighted by Crippen LogP contribution is 2.19. The van der Waals surface area contributed by atoms with E-state index >= 15 is 0 Å². The highest BCUT2D eigenvalue weighted by atomic mass is 35.5. The van der Waals surface area contributed by atoms with Crippen LogP contribution in [-0.2, 0) is 0 Å². The molecule has 0 bridgehead atoms. The van der Waals surface area contributed by atoms with Gasteiger partial charge in [-0.05, 0) is 55.0 Å². The van der Waals surface area contributed by atoms with Crippen molar-refractivity contribution in [2.75, 3.05) is 5.32 Å². The summed E-state index contributed by atoms with van der Waals surface area (Å²) in [7, 11) is 0. The number of hydrogen-bond acceptors (Lipinski definition) is 3. The van der Waals surface area contributed by atoms with Crippen LogP contribution >= 0.6 is 22.9 Å². The third-order valence-electron chi connectivity index (χ3n) is 3.67. The number of anilines is 1. The van der Waals surface area contributed by atoms with Crippen molar-refractivity contribution < 1.29 is 9.59 Å². The third kappa shape index (κ3) is 4.48. The van der Waals surface area contributed by atoms with Gasteiger partial charge >= 0.3 is 0 Å². The van der Waals surface area contributed by atoms with E-state index in [0.29, 0.717) is 21.2 Å². The van der Waals surface area contributed by atoms with Crippen LogP contribution < -0.4 is 5.32 Å². The maximum atomic E-state index is 12.3. The lowest BCUT2D eigenvalue weighted by atomic mass is 10.1. The molecule has 1 aromatic heterocycles. The van der Waals surface area contributed by atoms with Crippen molar-refractivity contribution in [2.24, 2.45) is 0 Å². The van der Waals surface area contributed by atoms with Gasteiger partial charge in [-0.1, -0.05) is 41.9 Å². The Morgan fingerprint density at radius 2 is 1.85 bits per heavy atom. The molecule has 0 unspecified atom stereocenters. The van der Waals surface area contributed by atoms with Crippen molar-refractivity contribution in [3.8, 4) is 0 Å². The van der Waals surface area contributed by atoms with Gasteiger partial charge < -0.3 is 5.32 Å². The first-order valence-electron chi connectivity index (χ1n) is 7.98. The maximum absolute atomic E-state index is 12.3. The van der Waals surface area contributed by atoms with Gasteiger partial charge in [0.05, 0.1) is 15.5 Å². The average Bonchev–Trinajstić information content (AvgIpc) is 3.07.